The molecule has 31 heavy (non-hydrogen) atoms. The van der Waals surface area contributed by atoms with E-state index >= 15 is 0 Å². The third kappa shape index (κ3) is 4.81. The van der Waals surface area contributed by atoms with Crippen LogP contribution in [0, 0.1) is 6.92 Å². The molecule has 4 rings (SSSR count). The van der Waals surface area contributed by atoms with Gasteiger partial charge in [0.1, 0.15) is 12.4 Å². The molecule has 4 nitrogen and oxygen atoms in total. The third-order valence-corrected chi connectivity index (χ3v) is 5.51. The average Bonchev–Trinajstić information content (AvgIpc) is 2.78. The molecule has 0 bridgehead atoms. The van der Waals surface area contributed by atoms with Gasteiger partial charge >= 0.3 is 5.97 Å². The second kappa shape index (κ2) is 9.11. The molecule has 5 heteroatoms. The Hall–Kier alpha value is -3.50. The van der Waals surface area contributed by atoms with E-state index in [1.807, 2.05) is 24.3 Å². The van der Waals surface area contributed by atoms with E-state index in [0.717, 1.165) is 27.6 Å². The molecule has 0 aliphatic rings. The van der Waals surface area contributed by atoms with Gasteiger partial charge in [0, 0.05) is 17.8 Å². The molecule has 156 valence electrons. The number of hydrogen-bond donors (Lipinski definition) is 2. The number of anilines is 1. The number of carbonyl (C=O) groups is 1. The number of aromatic carboxylic acids is 1. The molecule has 2 N–H and O–H groups in total. The molecular formula is C26H22ClNO3. The van der Waals surface area contributed by atoms with Crippen LogP contribution in [-0.2, 0) is 13.2 Å². The molecule has 0 aliphatic carbocycles. The van der Waals surface area contributed by atoms with Gasteiger partial charge in [0.25, 0.3) is 0 Å². The second-order valence-electron chi connectivity index (χ2n) is 7.39. The summed E-state index contributed by atoms with van der Waals surface area (Å²) in [5.41, 5.74) is 4.07. The van der Waals surface area contributed by atoms with E-state index in [9.17, 15) is 9.90 Å². The minimum Gasteiger partial charge on any atom is -0.489 e. The Morgan fingerprint density at radius 1 is 1.00 bits per heavy atom. The van der Waals surface area contributed by atoms with E-state index in [1.54, 1.807) is 18.2 Å². The molecule has 0 aromatic heterocycles. The van der Waals surface area contributed by atoms with Crippen molar-refractivity contribution in [2.45, 2.75) is 20.1 Å². The van der Waals surface area contributed by atoms with Crippen molar-refractivity contribution < 1.29 is 14.6 Å². The van der Waals surface area contributed by atoms with Crippen LogP contribution in [0.25, 0.3) is 10.8 Å². The summed E-state index contributed by atoms with van der Waals surface area (Å²) in [5, 5.41) is 15.1. The van der Waals surface area contributed by atoms with Crippen LogP contribution in [0.4, 0.5) is 5.69 Å². The fraction of sp³-hybridized carbons (Fsp3) is 0.115. The number of nitrogens with one attached hydrogen (secondary N) is 1. The van der Waals surface area contributed by atoms with Crippen molar-refractivity contribution in [3.8, 4) is 5.75 Å². The first-order chi connectivity index (χ1) is 15.0. The molecule has 0 atom stereocenters. The molecule has 0 amide bonds. The quantitative estimate of drug-likeness (QED) is 0.342. The SMILES string of the molecule is Cc1ccc(COc2ccc3ccccc3c2CNc2ccc(Cl)c(C(=O)O)c2)cc1. The summed E-state index contributed by atoms with van der Waals surface area (Å²) in [6, 6.07) is 25.3. The number of benzene rings is 4. The topological polar surface area (TPSA) is 58.6 Å². The zero-order valence-corrected chi connectivity index (χ0v) is 17.8. The third-order valence-electron chi connectivity index (χ3n) is 5.18. The summed E-state index contributed by atoms with van der Waals surface area (Å²) in [4.78, 5) is 11.4. The van der Waals surface area contributed by atoms with Gasteiger partial charge in [0.15, 0.2) is 0 Å². The van der Waals surface area contributed by atoms with Crippen LogP contribution in [0.5, 0.6) is 5.75 Å². The fourth-order valence-corrected chi connectivity index (χ4v) is 3.67. The molecule has 4 aromatic rings. The first-order valence-corrected chi connectivity index (χ1v) is 10.3. The van der Waals surface area contributed by atoms with Gasteiger partial charge < -0.3 is 15.2 Å². The Labute approximate surface area is 186 Å². The van der Waals surface area contributed by atoms with E-state index in [-0.39, 0.29) is 10.6 Å². The molecular weight excluding hydrogens is 410 g/mol. The van der Waals surface area contributed by atoms with Crippen molar-refractivity contribution in [2.75, 3.05) is 5.32 Å². The lowest BCUT2D eigenvalue weighted by atomic mass is 10.0. The van der Waals surface area contributed by atoms with Crippen molar-refractivity contribution in [1.82, 2.24) is 0 Å². The smallest absolute Gasteiger partial charge is 0.337 e. The Morgan fingerprint density at radius 2 is 1.77 bits per heavy atom. The van der Waals surface area contributed by atoms with Crippen molar-refractivity contribution in [3.05, 3.63) is 106 Å². The molecule has 0 heterocycles. The number of rotatable bonds is 7. The van der Waals surface area contributed by atoms with Crippen LogP contribution >= 0.6 is 11.6 Å². The van der Waals surface area contributed by atoms with Crippen LogP contribution < -0.4 is 10.1 Å². The summed E-state index contributed by atoms with van der Waals surface area (Å²) in [6.45, 7) is 3.01. The van der Waals surface area contributed by atoms with E-state index < -0.39 is 5.97 Å². The minimum atomic E-state index is -1.05. The fourth-order valence-electron chi connectivity index (χ4n) is 3.47. The Kier molecular flexibility index (Phi) is 6.10. The maximum absolute atomic E-state index is 11.4. The summed E-state index contributed by atoms with van der Waals surface area (Å²) in [7, 11) is 0. The number of halogens is 1. The minimum absolute atomic E-state index is 0.0698. The number of carboxylic acid groups (broad SMARTS) is 1. The van der Waals surface area contributed by atoms with Gasteiger partial charge in [-0.3, -0.25) is 0 Å². The molecule has 0 aliphatic heterocycles. The zero-order valence-electron chi connectivity index (χ0n) is 17.1. The summed E-state index contributed by atoms with van der Waals surface area (Å²) >= 11 is 5.99. The normalized spacial score (nSPS) is 10.8. The monoisotopic (exact) mass is 431 g/mol. The van der Waals surface area contributed by atoms with Crippen LogP contribution in [0.15, 0.2) is 78.9 Å². The number of carboxylic acids is 1. The van der Waals surface area contributed by atoms with Crippen LogP contribution in [0.3, 0.4) is 0 Å². The van der Waals surface area contributed by atoms with Crippen molar-refractivity contribution in [2.24, 2.45) is 0 Å². The highest BCUT2D eigenvalue weighted by atomic mass is 35.5. The molecule has 0 fully saturated rings. The average molecular weight is 432 g/mol. The van der Waals surface area contributed by atoms with Crippen molar-refractivity contribution in [1.29, 1.82) is 0 Å². The highest BCUT2D eigenvalue weighted by Crippen LogP contribution is 2.30. The first-order valence-electron chi connectivity index (χ1n) is 9.97. The number of ether oxygens (including phenoxy) is 1. The standard InChI is InChI=1S/C26H22ClNO3/c1-17-6-8-18(9-7-17)16-31-25-13-10-19-4-2-3-5-21(19)23(25)15-28-20-11-12-24(27)22(14-20)26(29)30/h2-14,28H,15-16H2,1H3,(H,29,30). The lowest BCUT2D eigenvalue weighted by Gasteiger charge is -2.16. The van der Waals surface area contributed by atoms with Crippen molar-refractivity contribution in [3.63, 3.8) is 0 Å². The molecule has 0 radical (unpaired) electrons. The van der Waals surface area contributed by atoms with Gasteiger partial charge in [-0.1, -0.05) is 71.8 Å². The molecule has 4 aromatic carbocycles. The van der Waals surface area contributed by atoms with Gasteiger partial charge in [-0.2, -0.15) is 0 Å². The Balaban J connectivity index is 1.62. The van der Waals surface area contributed by atoms with E-state index in [0.29, 0.717) is 18.8 Å². The summed E-state index contributed by atoms with van der Waals surface area (Å²) in [6.07, 6.45) is 0. The predicted octanol–water partition coefficient (Wildman–Crippen LogP) is 6.69. The van der Waals surface area contributed by atoms with Crippen LogP contribution in [0.1, 0.15) is 27.0 Å². The van der Waals surface area contributed by atoms with Gasteiger partial charge in [-0.15, -0.1) is 0 Å². The van der Waals surface area contributed by atoms with Crippen LogP contribution in [-0.4, -0.2) is 11.1 Å². The molecule has 0 saturated heterocycles. The zero-order chi connectivity index (χ0) is 21.8. The highest BCUT2D eigenvalue weighted by molar-refractivity contribution is 6.33. The Morgan fingerprint density at radius 3 is 2.55 bits per heavy atom. The molecule has 0 unspecified atom stereocenters. The number of aryl methyl sites for hydroxylation is 1. The number of fused-ring (bicyclic) bond motifs is 1. The van der Waals surface area contributed by atoms with Gasteiger partial charge in [0.05, 0.1) is 10.6 Å². The van der Waals surface area contributed by atoms with E-state index in [1.165, 1.54) is 5.56 Å². The highest BCUT2D eigenvalue weighted by Gasteiger charge is 2.12. The second-order valence-corrected chi connectivity index (χ2v) is 7.80. The van der Waals surface area contributed by atoms with Crippen molar-refractivity contribution >= 4 is 34.0 Å². The van der Waals surface area contributed by atoms with Crippen LogP contribution in [0.2, 0.25) is 5.02 Å². The lowest BCUT2D eigenvalue weighted by molar-refractivity contribution is 0.0697. The van der Waals surface area contributed by atoms with Gasteiger partial charge in [0.2, 0.25) is 0 Å². The first kappa shape index (κ1) is 20.8. The molecule has 0 saturated carbocycles. The van der Waals surface area contributed by atoms with Gasteiger partial charge in [-0.05, 0) is 47.5 Å². The summed E-state index contributed by atoms with van der Waals surface area (Å²) in [5.74, 6) is -0.264. The lowest BCUT2D eigenvalue weighted by Crippen LogP contribution is -2.06. The van der Waals surface area contributed by atoms with Gasteiger partial charge in [-0.25, -0.2) is 4.79 Å². The largest absolute Gasteiger partial charge is 0.489 e. The molecule has 0 spiro atoms. The summed E-state index contributed by atoms with van der Waals surface area (Å²) < 4.78 is 6.19. The maximum atomic E-state index is 11.4. The number of hydrogen-bond acceptors (Lipinski definition) is 3. The Bertz CT molecular complexity index is 1240. The maximum Gasteiger partial charge on any atom is 0.337 e. The van der Waals surface area contributed by atoms with E-state index in [2.05, 4.69) is 48.6 Å². The van der Waals surface area contributed by atoms with E-state index in [4.69, 9.17) is 16.3 Å². The predicted molar refractivity (Wildman–Crippen MR) is 125 cm³/mol.